The lowest BCUT2D eigenvalue weighted by molar-refractivity contribution is 0.0993. The molecule has 0 bridgehead atoms. The second-order valence-electron chi connectivity index (χ2n) is 4.73. The standard InChI is InChI=1S/C15H15N3O/c16-15-11(2-1-5-18-15)7-14(19)10-3-4-12-8-17-9-13(12)6-10/h1-6,17H,7-9H2,(H2,16,18). The number of nitrogens with zero attached hydrogens (tertiary/aromatic N) is 1. The maximum absolute atomic E-state index is 12.3. The Morgan fingerprint density at radius 2 is 2.11 bits per heavy atom. The van der Waals surface area contributed by atoms with Crippen LogP contribution in [0.1, 0.15) is 27.0 Å². The first kappa shape index (κ1) is 11.9. The first-order chi connectivity index (χ1) is 9.24. The minimum Gasteiger partial charge on any atom is -0.383 e. The monoisotopic (exact) mass is 253 g/mol. The van der Waals surface area contributed by atoms with Crippen LogP contribution in [0.3, 0.4) is 0 Å². The van der Waals surface area contributed by atoms with E-state index in [2.05, 4.69) is 10.3 Å². The number of anilines is 1. The van der Waals surface area contributed by atoms with Crippen LogP contribution in [-0.2, 0) is 19.5 Å². The summed E-state index contributed by atoms with van der Waals surface area (Å²) in [4.78, 5) is 16.3. The van der Waals surface area contributed by atoms with E-state index in [1.807, 2.05) is 24.3 Å². The average molecular weight is 253 g/mol. The van der Waals surface area contributed by atoms with Gasteiger partial charge in [0.15, 0.2) is 5.78 Å². The molecule has 0 radical (unpaired) electrons. The van der Waals surface area contributed by atoms with Crippen LogP contribution in [0.5, 0.6) is 0 Å². The number of aromatic nitrogens is 1. The smallest absolute Gasteiger partial charge is 0.167 e. The number of hydrogen-bond acceptors (Lipinski definition) is 4. The predicted molar refractivity (Wildman–Crippen MR) is 73.7 cm³/mol. The molecule has 19 heavy (non-hydrogen) atoms. The highest BCUT2D eigenvalue weighted by Gasteiger charge is 2.14. The Morgan fingerprint density at radius 1 is 1.26 bits per heavy atom. The topological polar surface area (TPSA) is 68.0 Å². The average Bonchev–Trinajstić information content (AvgIpc) is 2.88. The van der Waals surface area contributed by atoms with Crippen LogP contribution in [0, 0.1) is 0 Å². The number of rotatable bonds is 3. The summed E-state index contributed by atoms with van der Waals surface area (Å²) in [7, 11) is 0. The van der Waals surface area contributed by atoms with Gasteiger partial charge in [-0.05, 0) is 23.3 Å². The molecule has 1 aromatic heterocycles. The molecule has 0 unspecified atom stereocenters. The second-order valence-corrected chi connectivity index (χ2v) is 4.73. The van der Waals surface area contributed by atoms with Crippen molar-refractivity contribution in [1.29, 1.82) is 0 Å². The van der Waals surface area contributed by atoms with Gasteiger partial charge in [-0.1, -0.05) is 18.2 Å². The molecule has 4 nitrogen and oxygen atoms in total. The number of nitrogens with one attached hydrogen (secondary N) is 1. The molecule has 0 fully saturated rings. The first-order valence-electron chi connectivity index (χ1n) is 6.29. The highest BCUT2D eigenvalue weighted by molar-refractivity contribution is 5.98. The van der Waals surface area contributed by atoms with Gasteiger partial charge >= 0.3 is 0 Å². The Kier molecular flexibility index (Phi) is 3.01. The summed E-state index contributed by atoms with van der Waals surface area (Å²) in [5.74, 6) is 0.507. The molecule has 3 rings (SSSR count). The van der Waals surface area contributed by atoms with Gasteiger partial charge in [-0.2, -0.15) is 0 Å². The number of pyridine rings is 1. The Hall–Kier alpha value is -2.20. The van der Waals surface area contributed by atoms with Gasteiger partial charge in [0, 0.05) is 36.8 Å². The molecular weight excluding hydrogens is 238 g/mol. The molecule has 0 saturated heterocycles. The lowest BCUT2D eigenvalue weighted by Crippen LogP contribution is -2.07. The molecule has 96 valence electrons. The van der Waals surface area contributed by atoms with Gasteiger partial charge in [-0.3, -0.25) is 4.79 Å². The van der Waals surface area contributed by atoms with E-state index in [-0.39, 0.29) is 5.78 Å². The van der Waals surface area contributed by atoms with Crippen molar-refractivity contribution in [3.63, 3.8) is 0 Å². The molecule has 0 spiro atoms. The number of carbonyl (C=O) groups excluding carboxylic acids is 1. The van der Waals surface area contributed by atoms with Gasteiger partial charge < -0.3 is 11.1 Å². The molecule has 1 aromatic carbocycles. The summed E-state index contributed by atoms with van der Waals surface area (Å²) in [6, 6.07) is 9.53. The quantitative estimate of drug-likeness (QED) is 0.817. The molecule has 0 saturated carbocycles. The minimum absolute atomic E-state index is 0.0781. The van der Waals surface area contributed by atoms with Crippen molar-refractivity contribution >= 4 is 11.6 Å². The fraction of sp³-hybridized carbons (Fsp3) is 0.200. The molecule has 0 amide bonds. The zero-order valence-electron chi connectivity index (χ0n) is 10.5. The fourth-order valence-electron chi connectivity index (χ4n) is 2.34. The van der Waals surface area contributed by atoms with E-state index in [9.17, 15) is 4.79 Å². The van der Waals surface area contributed by atoms with Crippen molar-refractivity contribution in [2.45, 2.75) is 19.5 Å². The first-order valence-corrected chi connectivity index (χ1v) is 6.29. The fourth-order valence-corrected chi connectivity index (χ4v) is 2.34. The third-order valence-corrected chi connectivity index (χ3v) is 3.44. The molecule has 1 aliphatic rings. The van der Waals surface area contributed by atoms with Gasteiger partial charge in [-0.25, -0.2) is 4.98 Å². The number of nitrogen functional groups attached to an aromatic ring is 1. The Bertz CT molecular complexity index is 637. The van der Waals surface area contributed by atoms with Crippen molar-refractivity contribution in [2.24, 2.45) is 0 Å². The minimum atomic E-state index is 0.0781. The number of ketones is 1. The van der Waals surface area contributed by atoms with Crippen molar-refractivity contribution < 1.29 is 4.79 Å². The van der Waals surface area contributed by atoms with Crippen LogP contribution in [0.25, 0.3) is 0 Å². The largest absolute Gasteiger partial charge is 0.383 e. The van der Waals surface area contributed by atoms with Crippen LogP contribution < -0.4 is 11.1 Å². The zero-order chi connectivity index (χ0) is 13.2. The van der Waals surface area contributed by atoms with Crippen molar-refractivity contribution in [3.8, 4) is 0 Å². The van der Waals surface area contributed by atoms with Gasteiger partial charge in [-0.15, -0.1) is 0 Å². The third kappa shape index (κ3) is 2.35. The molecule has 1 aliphatic heterocycles. The summed E-state index contributed by atoms with van der Waals surface area (Å²) >= 11 is 0. The van der Waals surface area contributed by atoms with E-state index in [1.165, 1.54) is 11.1 Å². The van der Waals surface area contributed by atoms with E-state index < -0.39 is 0 Å². The summed E-state index contributed by atoms with van der Waals surface area (Å²) in [5.41, 5.74) is 9.78. The Morgan fingerprint density at radius 3 is 2.95 bits per heavy atom. The molecular formula is C15H15N3O. The number of Topliss-reactive ketones (excluding diaryl/α,β-unsaturated/α-hetero) is 1. The molecule has 4 heteroatoms. The normalized spacial score (nSPS) is 13.3. The number of benzene rings is 1. The van der Waals surface area contributed by atoms with E-state index in [0.29, 0.717) is 12.2 Å². The molecule has 0 atom stereocenters. The van der Waals surface area contributed by atoms with E-state index >= 15 is 0 Å². The SMILES string of the molecule is Nc1ncccc1CC(=O)c1ccc2c(c1)CNC2. The number of nitrogens with two attached hydrogens (primary N) is 1. The number of fused-ring (bicyclic) bond motifs is 1. The molecule has 2 aromatic rings. The van der Waals surface area contributed by atoms with Crippen LogP contribution >= 0.6 is 0 Å². The van der Waals surface area contributed by atoms with E-state index in [1.54, 1.807) is 12.3 Å². The lowest BCUT2D eigenvalue weighted by Gasteiger charge is -2.05. The highest BCUT2D eigenvalue weighted by atomic mass is 16.1. The molecule has 0 aliphatic carbocycles. The Labute approximate surface area is 111 Å². The number of carbonyl (C=O) groups is 1. The van der Waals surface area contributed by atoms with Crippen LogP contribution in [-0.4, -0.2) is 10.8 Å². The van der Waals surface area contributed by atoms with E-state index in [4.69, 9.17) is 5.73 Å². The third-order valence-electron chi connectivity index (χ3n) is 3.44. The lowest BCUT2D eigenvalue weighted by atomic mass is 10.00. The van der Waals surface area contributed by atoms with Gasteiger partial charge in [0.05, 0.1) is 0 Å². The Balaban J connectivity index is 1.83. The van der Waals surface area contributed by atoms with Crippen LogP contribution in [0.2, 0.25) is 0 Å². The second kappa shape index (κ2) is 4.82. The zero-order valence-corrected chi connectivity index (χ0v) is 10.5. The maximum Gasteiger partial charge on any atom is 0.167 e. The van der Waals surface area contributed by atoms with Crippen LogP contribution in [0.4, 0.5) is 5.82 Å². The van der Waals surface area contributed by atoms with Gasteiger partial charge in [0.2, 0.25) is 0 Å². The van der Waals surface area contributed by atoms with Crippen molar-refractivity contribution in [1.82, 2.24) is 10.3 Å². The maximum atomic E-state index is 12.3. The summed E-state index contributed by atoms with van der Waals surface area (Å²) in [5, 5.41) is 3.27. The van der Waals surface area contributed by atoms with Crippen molar-refractivity contribution in [2.75, 3.05) is 5.73 Å². The number of hydrogen-bond donors (Lipinski definition) is 2. The molecule has 2 heterocycles. The predicted octanol–water partition coefficient (Wildman–Crippen LogP) is 1.69. The van der Waals surface area contributed by atoms with E-state index in [0.717, 1.165) is 24.2 Å². The summed E-state index contributed by atoms with van der Waals surface area (Å²) in [6.45, 7) is 1.73. The summed E-state index contributed by atoms with van der Waals surface area (Å²) < 4.78 is 0. The van der Waals surface area contributed by atoms with Crippen LogP contribution in [0.15, 0.2) is 36.5 Å². The van der Waals surface area contributed by atoms with Gasteiger partial charge in [0.1, 0.15) is 5.82 Å². The summed E-state index contributed by atoms with van der Waals surface area (Å²) in [6.07, 6.45) is 1.93. The highest BCUT2D eigenvalue weighted by Crippen LogP contribution is 2.19. The van der Waals surface area contributed by atoms with Gasteiger partial charge in [0.25, 0.3) is 0 Å². The molecule has 3 N–H and O–H groups in total. The van der Waals surface area contributed by atoms with Crippen molar-refractivity contribution in [3.05, 3.63) is 58.8 Å².